The average Bonchev–Trinajstić information content (AvgIpc) is 2.89. The molecule has 0 bridgehead atoms. The minimum absolute atomic E-state index is 0.0646. The van der Waals surface area contributed by atoms with Gasteiger partial charge in [0.15, 0.2) is 0 Å². The largest absolute Gasteiger partial charge is 0.361 e. The molecule has 1 aliphatic carbocycles. The van der Waals surface area contributed by atoms with Gasteiger partial charge in [-0.25, -0.2) is 0 Å². The van der Waals surface area contributed by atoms with Crippen LogP contribution in [0.3, 0.4) is 0 Å². The fraction of sp³-hybridized carbons (Fsp3) is 0.474. The van der Waals surface area contributed by atoms with Gasteiger partial charge in [0.2, 0.25) is 0 Å². The Morgan fingerprint density at radius 1 is 1.21 bits per heavy atom. The monoisotopic (exact) mass is 390 g/mol. The molecule has 4 nitrogen and oxygen atoms in total. The van der Waals surface area contributed by atoms with Crippen LogP contribution in [0.25, 0.3) is 0 Å². The lowest BCUT2D eigenvalue weighted by Gasteiger charge is -2.38. The summed E-state index contributed by atoms with van der Waals surface area (Å²) in [5, 5.41) is 7.23. The topological polar surface area (TPSA) is 55.1 Å². The summed E-state index contributed by atoms with van der Waals surface area (Å²) in [6.45, 7) is 3.60. The summed E-state index contributed by atoms with van der Waals surface area (Å²) in [5.41, 5.74) is 2.30. The van der Waals surface area contributed by atoms with Gasteiger partial charge in [-0.2, -0.15) is 0 Å². The molecule has 128 valence electrons. The van der Waals surface area contributed by atoms with E-state index in [0.29, 0.717) is 17.0 Å². The molecule has 1 aliphatic rings. The molecule has 2 aromatic rings. The van der Waals surface area contributed by atoms with Gasteiger partial charge in [-0.1, -0.05) is 52.5 Å². The third-order valence-electron chi connectivity index (χ3n) is 4.91. The summed E-state index contributed by atoms with van der Waals surface area (Å²) < 4.78 is 6.23. The van der Waals surface area contributed by atoms with Gasteiger partial charge in [-0.05, 0) is 50.8 Å². The third-order valence-corrected chi connectivity index (χ3v) is 5.43. The Balaban J connectivity index is 1.83. The SMILES string of the molecule is Cc1noc(C)c1C(=O)NC1(Cc2ccc(Br)cc2)CCCCC1. The molecule has 1 fully saturated rings. The summed E-state index contributed by atoms with van der Waals surface area (Å²) in [4.78, 5) is 12.8. The minimum Gasteiger partial charge on any atom is -0.361 e. The summed E-state index contributed by atoms with van der Waals surface area (Å²) in [6.07, 6.45) is 6.42. The lowest BCUT2D eigenvalue weighted by atomic mass is 9.77. The van der Waals surface area contributed by atoms with Crippen LogP contribution in [-0.4, -0.2) is 16.6 Å². The Hall–Kier alpha value is -1.62. The first-order valence-corrected chi connectivity index (χ1v) is 9.28. The number of halogens is 1. The zero-order valence-electron chi connectivity index (χ0n) is 14.2. The minimum atomic E-state index is -0.181. The van der Waals surface area contributed by atoms with E-state index in [1.807, 2.05) is 6.92 Å². The van der Waals surface area contributed by atoms with Gasteiger partial charge < -0.3 is 9.84 Å². The number of carbonyl (C=O) groups excluding carboxylic acids is 1. The molecule has 0 aliphatic heterocycles. The first kappa shape index (κ1) is 17.2. The molecule has 5 heteroatoms. The Morgan fingerprint density at radius 3 is 2.46 bits per heavy atom. The molecule has 1 saturated carbocycles. The molecule has 3 rings (SSSR count). The van der Waals surface area contributed by atoms with Crippen molar-refractivity contribution in [3.05, 3.63) is 51.3 Å². The van der Waals surface area contributed by atoms with Gasteiger partial charge in [0, 0.05) is 10.0 Å². The molecule has 0 spiro atoms. The number of nitrogens with zero attached hydrogens (tertiary/aromatic N) is 1. The van der Waals surface area contributed by atoms with E-state index in [-0.39, 0.29) is 11.4 Å². The van der Waals surface area contributed by atoms with Crippen LogP contribution < -0.4 is 5.32 Å². The number of aryl methyl sites for hydroxylation is 2. The number of benzene rings is 1. The maximum Gasteiger partial charge on any atom is 0.257 e. The van der Waals surface area contributed by atoms with Crippen LogP contribution in [0.5, 0.6) is 0 Å². The smallest absolute Gasteiger partial charge is 0.257 e. The second-order valence-corrected chi connectivity index (χ2v) is 7.71. The van der Waals surface area contributed by atoms with Crippen LogP contribution >= 0.6 is 15.9 Å². The summed E-state index contributed by atoms with van der Waals surface area (Å²) in [7, 11) is 0. The predicted molar refractivity (Wildman–Crippen MR) is 97.1 cm³/mol. The standard InChI is InChI=1S/C19H23BrN2O2/c1-13-17(14(2)24-22-13)18(23)21-19(10-4-3-5-11-19)12-15-6-8-16(20)9-7-15/h6-9H,3-5,10-12H2,1-2H3,(H,21,23). The molecular formula is C19H23BrN2O2. The number of hydrogen-bond acceptors (Lipinski definition) is 3. The Kier molecular flexibility index (Phi) is 5.09. The number of carbonyl (C=O) groups is 1. The maximum atomic E-state index is 12.8. The summed E-state index contributed by atoms with van der Waals surface area (Å²) in [5.74, 6) is 0.518. The molecule has 1 aromatic heterocycles. The van der Waals surface area contributed by atoms with Gasteiger partial charge in [0.1, 0.15) is 11.3 Å². The quantitative estimate of drug-likeness (QED) is 0.820. The predicted octanol–water partition coefficient (Wildman–Crippen LogP) is 4.73. The first-order chi connectivity index (χ1) is 11.5. The fourth-order valence-corrected chi connectivity index (χ4v) is 3.94. The van der Waals surface area contributed by atoms with Crippen molar-refractivity contribution in [1.29, 1.82) is 0 Å². The van der Waals surface area contributed by atoms with E-state index < -0.39 is 0 Å². The molecule has 0 atom stereocenters. The van der Waals surface area contributed by atoms with Crippen molar-refractivity contribution in [2.75, 3.05) is 0 Å². The number of hydrogen-bond donors (Lipinski definition) is 1. The van der Waals surface area contributed by atoms with E-state index in [1.165, 1.54) is 12.0 Å². The van der Waals surface area contributed by atoms with E-state index >= 15 is 0 Å². The van der Waals surface area contributed by atoms with Crippen molar-refractivity contribution >= 4 is 21.8 Å². The van der Waals surface area contributed by atoms with Crippen LogP contribution in [0.2, 0.25) is 0 Å². The van der Waals surface area contributed by atoms with Gasteiger partial charge in [0.25, 0.3) is 5.91 Å². The van der Waals surface area contributed by atoms with E-state index in [9.17, 15) is 4.79 Å². The van der Waals surface area contributed by atoms with Gasteiger partial charge >= 0.3 is 0 Å². The normalized spacial score (nSPS) is 16.8. The van der Waals surface area contributed by atoms with Gasteiger partial charge in [0.05, 0.1) is 5.69 Å². The Morgan fingerprint density at radius 2 is 1.88 bits per heavy atom. The molecule has 0 saturated heterocycles. The third kappa shape index (κ3) is 3.72. The molecule has 1 amide bonds. The van der Waals surface area contributed by atoms with Crippen LogP contribution in [0, 0.1) is 13.8 Å². The Bertz CT molecular complexity index is 696. The average molecular weight is 391 g/mol. The van der Waals surface area contributed by atoms with E-state index in [4.69, 9.17) is 4.52 Å². The van der Waals surface area contributed by atoms with E-state index in [2.05, 4.69) is 50.7 Å². The van der Waals surface area contributed by atoms with Crippen molar-refractivity contribution in [1.82, 2.24) is 10.5 Å². The number of amides is 1. The number of nitrogens with one attached hydrogen (secondary N) is 1. The van der Waals surface area contributed by atoms with Gasteiger partial charge in [-0.3, -0.25) is 4.79 Å². The summed E-state index contributed by atoms with van der Waals surface area (Å²) in [6, 6.07) is 8.37. The number of aromatic nitrogens is 1. The van der Waals surface area contributed by atoms with Crippen molar-refractivity contribution in [2.24, 2.45) is 0 Å². The zero-order valence-corrected chi connectivity index (χ0v) is 15.8. The lowest BCUT2D eigenvalue weighted by molar-refractivity contribution is 0.0866. The van der Waals surface area contributed by atoms with Crippen molar-refractivity contribution in [3.63, 3.8) is 0 Å². The van der Waals surface area contributed by atoms with Crippen molar-refractivity contribution in [3.8, 4) is 0 Å². The Labute approximate surface area is 151 Å². The van der Waals surface area contributed by atoms with E-state index in [1.54, 1.807) is 6.92 Å². The highest BCUT2D eigenvalue weighted by Crippen LogP contribution is 2.32. The van der Waals surface area contributed by atoms with Crippen molar-refractivity contribution < 1.29 is 9.32 Å². The molecule has 24 heavy (non-hydrogen) atoms. The highest BCUT2D eigenvalue weighted by Gasteiger charge is 2.35. The highest BCUT2D eigenvalue weighted by atomic mass is 79.9. The summed E-state index contributed by atoms with van der Waals surface area (Å²) >= 11 is 3.48. The first-order valence-electron chi connectivity index (χ1n) is 8.49. The molecular weight excluding hydrogens is 368 g/mol. The molecule has 1 aromatic carbocycles. The molecule has 0 unspecified atom stereocenters. The van der Waals surface area contributed by atoms with E-state index in [0.717, 1.165) is 36.6 Å². The molecule has 1 heterocycles. The second kappa shape index (κ2) is 7.09. The molecule has 1 N–H and O–H groups in total. The van der Waals surface area contributed by atoms with Crippen LogP contribution in [0.15, 0.2) is 33.3 Å². The zero-order chi connectivity index (χ0) is 17.2. The fourth-order valence-electron chi connectivity index (χ4n) is 3.68. The highest BCUT2D eigenvalue weighted by molar-refractivity contribution is 9.10. The maximum absolute atomic E-state index is 12.8. The second-order valence-electron chi connectivity index (χ2n) is 6.80. The lowest BCUT2D eigenvalue weighted by Crippen LogP contribution is -2.51. The van der Waals surface area contributed by atoms with Crippen LogP contribution in [0.1, 0.15) is 59.5 Å². The van der Waals surface area contributed by atoms with Crippen LogP contribution in [-0.2, 0) is 6.42 Å². The van der Waals surface area contributed by atoms with Crippen LogP contribution in [0.4, 0.5) is 0 Å². The van der Waals surface area contributed by atoms with Gasteiger partial charge in [-0.15, -0.1) is 0 Å². The molecule has 0 radical (unpaired) electrons. The number of rotatable bonds is 4. The van der Waals surface area contributed by atoms with Crippen molar-refractivity contribution in [2.45, 2.75) is 57.9 Å².